The second-order valence-corrected chi connectivity index (χ2v) is 4.37. The van der Waals surface area contributed by atoms with Crippen LogP contribution in [0.4, 0.5) is 0 Å². The zero-order valence-corrected chi connectivity index (χ0v) is 9.20. The summed E-state index contributed by atoms with van der Waals surface area (Å²) in [6.45, 7) is 5.61. The Labute approximate surface area is 84.7 Å². The fourth-order valence-corrected chi connectivity index (χ4v) is 1.21. The summed E-state index contributed by atoms with van der Waals surface area (Å²) in [6, 6.07) is 3.84. The molecule has 0 atom stereocenters. The minimum absolute atomic E-state index is 0.181. The van der Waals surface area contributed by atoms with Crippen LogP contribution in [0.5, 0.6) is 0 Å². The number of ether oxygens (including phenoxy) is 1. The van der Waals surface area contributed by atoms with Crippen LogP contribution < -0.4 is 0 Å². The van der Waals surface area contributed by atoms with E-state index in [-0.39, 0.29) is 5.97 Å². The van der Waals surface area contributed by atoms with Gasteiger partial charge in [-0.1, -0.05) is 0 Å². The van der Waals surface area contributed by atoms with Crippen LogP contribution in [0.15, 0.2) is 18.3 Å². The average molecular weight is 195 g/mol. The average Bonchev–Trinajstić information content (AvgIpc) is 2.32. The molecule has 0 aromatic carbocycles. The van der Waals surface area contributed by atoms with Crippen molar-refractivity contribution in [3.63, 3.8) is 0 Å². The number of hydrogen-bond acceptors (Lipinski definition) is 2. The van der Waals surface area contributed by atoms with Crippen LogP contribution in [0.25, 0.3) is 0 Å². The summed E-state index contributed by atoms with van der Waals surface area (Å²) in [5.74, 6) is -0.181. The molecule has 0 N–H and O–H groups in total. The zero-order chi connectivity index (χ0) is 10.8. The van der Waals surface area contributed by atoms with Crippen LogP contribution in [0.2, 0.25) is 0 Å². The summed E-state index contributed by atoms with van der Waals surface area (Å²) in [4.78, 5) is 11.4. The maximum Gasteiger partial charge on any atom is 0.312 e. The van der Waals surface area contributed by atoms with Crippen LogP contribution in [0.1, 0.15) is 26.5 Å². The van der Waals surface area contributed by atoms with Gasteiger partial charge >= 0.3 is 5.97 Å². The van der Waals surface area contributed by atoms with Crippen molar-refractivity contribution in [2.45, 2.75) is 32.8 Å². The number of rotatable bonds is 2. The van der Waals surface area contributed by atoms with E-state index in [1.54, 1.807) is 0 Å². The first kappa shape index (κ1) is 10.8. The lowest BCUT2D eigenvalue weighted by molar-refractivity contribution is -0.154. The molecule has 1 aromatic rings. The van der Waals surface area contributed by atoms with Crippen molar-refractivity contribution in [2.24, 2.45) is 7.05 Å². The normalized spacial score (nSPS) is 11.4. The smallest absolute Gasteiger partial charge is 0.312 e. The maximum absolute atomic E-state index is 11.4. The van der Waals surface area contributed by atoms with Gasteiger partial charge in [0.15, 0.2) is 0 Å². The summed E-state index contributed by atoms with van der Waals surface area (Å²) in [5.41, 5.74) is 0.571. The molecule has 0 aliphatic heterocycles. The zero-order valence-electron chi connectivity index (χ0n) is 9.20. The van der Waals surface area contributed by atoms with Gasteiger partial charge in [-0.15, -0.1) is 0 Å². The molecule has 0 amide bonds. The van der Waals surface area contributed by atoms with E-state index in [1.807, 2.05) is 50.7 Å². The standard InChI is InChI=1S/C11H17NO2/c1-11(2,3)14-10(13)8-9-6-5-7-12(9)4/h5-7H,8H2,1-4H3. The lowest BCUT2D eigenvalue weighted by Crippen LogP contribution is -2.25. The topological polar surface area (TPSA) is 31.2 Å². The summed E-state index contributed by atoms with van der Waals surface area (Å²) in [7, 11) is 1.92. The van der Waals surface area contributed by atoms with E-state index in [2.05, 4.69) is 0 Å². The Morgan fingerprint density at radius 3 is 2.57 bits per heavy atom. The number of carbonyl (C=O) groups is 1. The molecule has 0 bridgehead atoms. The van der Waals surface area contributed by atoms with E-state index in [9.17, 15) is 4.79 Å². The van der Waals surface area contributed by atoms with Gasteiger partial charge in [0.05, 0.1) is 6.42 Å². The third-order valence-corrected chi connectivity index (χ3v) is 1.80. The van der Waals surface area contributed by atoms with Crippen LogP contribution in [0, 0.1) is 0 Å². The first-order valence-corrected chi connectivity index (χ1v) is 4.70. The van der Waals surface area contributed by atoms with E-state index in [1.165, 1.54) is 0 Å². The first-order chi connectivity index (χ1) is 6.38. The molecule has 0 radical (unpaired) electrons. The lowest BCUT2D eigenvalue weighted by atomic mass is 10.2. The molecule has 78 valence electrons. The van der Waals surface area contributed by atoms with Gasteiger partial charge in [0, 0.05) is 18.9 Å². The number of nitrogens with zero attached hydrogens (tertiary/aromatic N) is 1. The molecule has 0 saturated heterocycles. The maximum atomic E-state index is 11.4. The van der Waals surface area contributed by atoms with Crippen molar-refractivity contribution in [2.75, 3.05) is 0 Å². The highest BCUT2D eigenvalue weighted by atomic mass is 16.6. The molecule has 0 unspecified atom stereocenters. The van der Waals surface area contributed by atoms with Gasteiger partial charge in [0.1, 0.15) is 5.60 Å². The molecule has 1 heterocycles. The third kappa shape index (κ3) is 3.24. The predicted molar refractivity (Wildman–Crippen MR) is 55.0 cm³/mol. The molecular formula is C11H17NO2. The summed E-state index contributed by atoms with van der Waals surface area (Å²) in [6.07, 6.45) is 2.25. The molecule has 0 saturated carbocycles. The first-order valence-electron chi connectivity index (χ1n) is 4.70. The molecular weight excluding hydrogens is 178 g/mol. The minimum Gasteiger partial charge on any atom is -0.460 e. The van der Waals surface area contributed by atoms with Crippen molar-refractivity contribution in [1.82, 2.24) is 4.57 Å². The molecule has 0 spiro atoms. The Morgan fingerprint density at radius 1 is 1.50 bits per heavy atom. The van der Waals surface area contributed by atoms with Crippen LogP contribution >= 0.6 is 0 Å². The minimum atomic E-state index is -0.401. The van der Waals surface area contributed by atoms with E-state index < -0.39 is 5.60 Å². The quantitative estimate of drug-likeness (QED) is 0.675. The van der Waals surface area contributed by atoms with Gasteiger partial charge in [-0.25, -0.2) is 0 Å². The predicted octanol–water partition coefficient (Wildman–Crippen LogP) is 1.91. The van der Waals surface area contributed by atoms with Crippen molar-refractivity contribution in [3.8, 4) is 0 Å². The van der Waals surface area contributed by atoms with Gasteiger partial charge in [-0.3, -0.25) is 4.79 Å². The molecule has 0 aliphatic rings. The van der Waals surface area contributed by atoms with Crippen LogP contribution in [0.3, 0.4) is 0 Å². The summed E-state index contributed by atoms with van der Waals surface area (Å²) < 4.78 is 7.13. The van der Waals surface area contributed by atoms with Crippen LogP contribution in [-0.4, -0.2) is 16.1 Å². The fourth-order valence-electron chi connectivity index (χ4n) is 1.21. The second-order valence-electron chi connectivity index (χ2n) is 4.37. The van der Waals surface area contributed by atoms with Crippen molar-refractivity contribution >= 4 is 5.97 Å². The third-order valence-electron chi connectivity index (χ3n) is 1.80. The molecule has 14 heavy (non-hydrogen) atoms. The van der Waals surface area contributed by atoms with Gasteiger partial charge in [-0.2, -0.15) is 0 Å². The Kier molecular flexibility index (Phi) is 2.99. The van der Waals surface area contributed by atoms with E-state index in [0.717, 1.165) is 5.69 Å². The number of aryl methyl sites for hydroxylation is 1. The van der Waals surface area contributed by atoms with Gasteiger partial charge in [0.2, 0.25) is 0 Å². The Hall–Kier alpha value is -1.25. The molecule has 3 nitrogen and oxygen atoms in total. The van der Waals surface area contributed by atoms with E-state index in [0.29, 0.717) is 6.42 Å². The lowest BCUT2D eigenvalue weighted by Gasteiger charge is -2.19. The Balaban J connectivity index is 2.54. The summed E-state index contributed by atoms with van der Waals surface area (Å²) >= 11 is 0. The second kappa shape index (κ2) is 3.86. The van der Waals surface area contributed by atoms with Gasteiger partial charge in [0.25, 0.3) is 0 Å². The van der Waals surface area contributed by atoms with E-state index in [4.69, 9.17) is 4.74 Å². The monoisotopic (exact) mass is 195 g/mol. The largest absolute Gasteiger partial charge is 0.460 e. The highest BCUT2D eigenvalue weighted by Gasteiger charge is 2.16. The Morgan fingerprint density at radius 2 is 2.14 bits per heavy atom. The summed E-state index contributed by atoms with van der Waals surface area (Å²) in [5, 5.41) is 0. The number of aromatic nitrogens is 1. The van der Waals surface area contributed by atoms with Crippen LogP contribution in [-0.2, 0) is 23.0 Å². The number of carbonyl (C=O) groups excluding carboxylic acids is 1. The van der Waals surface area contributed by atoms with Crippen molar-refractivity contribution in [3.05, 3.63) is 24.0 Å². The molecule has 3 heteroatoms. The highest BCUT2D eigenvalue weighted by molar-refractivity contribution is 5.72. The fraction of sp³-hybridized carbons (Fsp3) is 0.545. The van der Waals surface area contributed by atoms with Crippen molar-refractivity contribution < 1.29 is 9.53 Å². The number of esters is 1. The van der Waals surface area contributed by atoms with E-state index >= 15 is 0 Å². The molecule has 0 aliphatic carbocycles. The van der Waals surface area contributed by atoms with Gasteiger partial charge < -0.3 is 9.30 Å². The SMILES string of the molecule is Cn1cccc1CC(=O)OC(C)(C)C. The molecule has 0 fully saturated rings. The Bertz CT molecular complexity index is 320. The molecule has 1 rings (SSSR count). The van der Waals surface area contributed by atoms with Gasteiger partial charge in [-0.05, 0) is 32.9 Å². The number of hydrogen-bond donors (Lipinski definition) is 0. The van der Waals surface area contributed by atoms with Crippen molar-refractivity contribution in [1.29, 1.82) is 0 Å². The molecule has 1 aromatic heterocycles. The highest BCUT2D eigenvalue weighted by Crippen LogP contribution is 2.09.